The number of aromatic amines is 1. The molecule has 2 aromatic carbocycles. The Balaban J connectivity index is 1.37. The number of benzene rings is 2. The summed E-state index contributed by atoms with van der Waals surface area (Å²) in [5, 5.41) is 10.1. The molecule has 0 bridgehead atoms. The molecule has 10 nitrogen and oxygen atoms in total. The number of carbonyl (C=O) groups excluding carboxylic acids is 3. The smallest absolute Gasteiger partial charge is 0.393 e. The Hall–Kier alpha value is -4.18. The van der Waals surface area contributed by atoms with E-state index < -0.39 is 12.0 Å². The predicted octanol–water partition coefficient (Wildman–Crippen LogP) is 2.64. The van der Waals surface area contributed by atoms with Gasteiger partial charge in [-0.15, -0.1) is 0 Å². The summed E-state index contributed by atoms with van der Waals surface area (Å²) in [5.74, 6) is -0.275. The summed E-state index contributed by atoms with van der Waals surface area (Å²) in [6, 6.07) is 13.3. The number of nitrogens with zero attached hydrogens (tertiary/aromatic N) is 2. The summed E-state index contributed by atoms with van der Waals surface area (Å²) in [6.07, 6.45) is 1.59. The van der Waals surface area contributed by atoms with Gasteiger partial charge in [-0.05, 0) is 44.1 Å². The van der Waals surface area contributed by atoms with Crippen molar-refractivity contribution in [2.24, 2.45) is 11.0 Å². The van der Waals surface area contributed by atoms with Crippen LogP contribution in [-0.2, 0) is 4.79 Å². The Labute approximate surface area is 201 Å². The van der Waals surface area contributed by atoms with E-state index in [-0.39, 0.29) is 23.6 Å². The first-order valence-corrected chi connectivity index (χ1v) is 11.4. The van der Waals surface area contributed by atoms with Gasteiger partial charge >= 0.3 is 6.09 Å². The van der Waals surface area contributed by atoms with Crippen molar-refractivity contribution in [1.82, 2.24) is 20.6 Å². The average molecular weight is 475 g/mol. The molecule has 1 fully saturated rings. The Kier molecular flexibility index (Phi) is 5.96. The Morgan fingerprint density at radius 2 is 2.00 bits per heavy atom. The van der Waals surface area contributed by atoms with Gasteiger partial charge in [-0.3, -0.25) is 9.59 Å². The highest BCUT2D eigenvalue weighted by Gasteiger charge is 2.43. The summed E-state index contributed by atoms with van der Waals surface area (Å²) in [6.45, 7) is 1.08. The minimum atomic E-state index is -0.623. The molecule has 0 unspecified atom stereocenters. The Bertz CT molecular complexity index is 1330. The molecule has 1 aliphatic carbocycles. The highest BCUT2D eigenvalue weighted by Crippen LogP contribution is 2.48. The molecule has 0 saturated heterocycles. The van der Waals surface area contributed by atoms with E-state index in [1.807, 2.05) is 49.3 Å². The molecule has 35 heavy (non-hydrogen) atoms. The van der Waals surface area contributed by atoms with Gasteiger partial charge in [0.05, 0.1) is 22.9 Å². The van der Waals surface area contributed by atoms with Gasteiger partial charge in [0.1, 0.15) is 0 Å². The third-order valence-electron chi connectivity index (χ3n) is 6.15. The van der Waals surface area contributed by atoms with Crippen molar-refractivity contribution in [1.29, 1.82) is 0 Å². The van der Waals surface area contributed by atoms with Crippen molar-refractivity contribution in [3.8, 4) is 5.88 Å². The molecular formula is C25H26N6O4. The van der Waals surface area contributed by atoms with Crippen LogP contribution in [0.2, 0.25) is 0 Å². The second kappa shape index (κ2) is 9.22. The first kappa shape index (κ1) is 22.6. The molecule has 180 valence electrons. The van der Waals surface area contributed by atoms with Crippen LogP contribution in [0.1, 0.15) is 33.8 Å². The van der Waals surface area contributed by atoms with Crippen LogP contribution in [0, 0.1) is 5.92 Å². The van der Waals surface area contributed by atoms with Crippen molar-refractivity contribution >= 4 is 40.7 Å². The molecular weight excluding hydrogens is 448 g/mol. The lowest BCUT2D eigenvalue weighted by Gasteiger charge is -2.10. The van der Waals surface area contributed by atoms with Crippen LogP contribution in [0.5, 0.6) is 5.88 Å². The molecule has 0 spiro atoms. The second-order valence-corrected chi connectivity index (χ2v) is 8.98. The first-order valence-electron chi connectivity index (χ1n) is 11.4. The summed E-state index contributed by atoms with van der Waals surface area (Å²) in [7, 11) is 3.81. The van der Waals surface area contributed by atoms with Crippen LogP contribution in [0.25, 0.3) is 10.9 Å². The normalized spacial score (nSPS) is 18.2. The molecule has 1 aliphatic heterocycles. The quantitative estimate of drug-likeness (QED) is 0.419. The van der Waals surface area contributed by atoms with E-state index in [9.17, 15) is 14.4 Å². The zero-order chi connectivity index (χ0) is 24.5. The number of nitrogens with one attached hydrogen (secondary N) is 4. The van der Waals surface area contributed by atoms with Crippen LogP contribution < -0.4 is 20.8 Å². The largest absolute Gasteiger partial charge is 0.413 e. The standard InChI is InChI=1S/C25H26N6O4/c1-31(2)9-8-26-25(34)35-24-19-13-27-30-23(33)18-10-15(11-20(29-24)21(18)19)28-22(32)17-12-16(17)14-6-4-3-5-7-14/h3-7,10-11,13,16-17,29H,8-9,12H2,1-2H3,(H,26,34)(H,28,32)(H,30,33)/t16-,17+/m0/s1. The van der Waals surface area contributed by atoms with Gasteiger partial charge in [-0.25, -0.2) is 10.2 Å². The number of ether oxygens (including phenoxy) is 1. The number of carbonyl (C=O) groups is 3. The lowest BCUT2D eigenvalue weighted by atomic mass is 10.0. The maximum absolute atomic E-state index is 12.9. The average Bonchev–Trinajstić information content (AvgIpc) is 3.58. The third kappa shape index (κ3) is 4.73. The molecule has 3 amide bonds. The molecule has 0 radical (unpaired) electrons. The molecule has 2 heterocycles. The van der Waals surface area contributed by atoms with Crippen molar-refractivity contribution in [2.45, 2.75) is 12.3 Å². The fraction of sp³-hybridized carbons (Fsp3) is 0.280. The SMILES string of the molecule is CN(C)CCNC(=O)Oc1[nH]c2cc(NC(=O)[C@@H]3C[C@H]3c3ccccc3)cc3c2c1C=NNC3=O. The van der Waals surface area contributed by atoms with Gasteiger partial charge in [-0.1, -0.05) is 30.3 Å². The molecule has 2 atom stereocenters. The van der Waals surface area contributed by atoms with Gasteiger partial charge in [-0.2, -0.15) is 5.10 Å². The Morgan fingerprint density at radius 1 is 1.20 bits per heavy atom. The third-order valence-corrected chi connectivity index (χ3v) is 6.15. The Morgan fingerprint density at radius 3 is 2.77 bits per heavy atom. The van der Waals surface area contributed by atoms with E-state index in [0.29, 0.717) is 40.8 Å². The zero-order valence-corrected chi connectivity index (χ0v) is 19.4. The van der Waals surface area contributed by atoms with E-state index in [0.717, 1.165) is 12.0 Å². The highest BCUT2D eigenvalue weighted by molar-refractivity contribution is 6.17. The number of rotatable bonds is 7. The topological polar surface area (TPSA) is 128 Å². The van der Waals surface area contributed by atoms with E-state index >= 15 is 0 Å². The maximum atomic E-state index is 12.9. The predicted molar refractivity (Wildman–Crippen MR) is 132 cm³/mol. The van der Waals surface area contributed by atoms with E-state index in [1.54, 1.807) is 12.1 Å². The number of aromatic nitrogens is 1. The second-order valence-electron chi connectivity index (χ2n) is 8.98. The van der Waals surface area contributed by atoms with Crippen LogP contribution in [0.4, 0.5) is 10.5 Å². The maximum Gasteiger partial charge on any atom is 0.413 e. The minimum absolute atomic E-state index is 0.0980. The van der Waals surface area contributed by atoms with E-state index in [4.69, 9.17) is 4.74 Å². The van der Waals surface area contributed by atoms with Crippen LogP contribution >= 0.6 is 0 Å². The summed E-state index contributed by atoms with van der Waals surface area (Å²) in [4.78, 5) is 42.8. The van der Waals surface area contributed by atoms with Crippen molar-refractivity contribution in [2.75, 3.05) is 32.5 Å². The fourth-order valence-corrected chi connectivity index (χ4v) is 4.30. The highest BCUT2D eigenvalue weighted by atomic mass is 16.6. The number of anilines is 1. The lowest BCUT2D eigenvalue weighted by Crippen LogP contribution is -2.33. The monoisotopic (exact) mass is 474 g/mol. The molecule has 5 rings (SSSR count). The summed E-state index contributed by atoms with van der Waals surface area (Å²) >= 11 is 0. The molecule has 2 aliphatic rings. The van der Waals surface area contributed by atoms with Crippen LogP contribution in [-0.4, -0.2) is 61.2 Å². The summed E-state index contributed by atoms with van der Waals surface area (Å²) in [5.41, 5.74) is 5.41. The van der Waals surface area contributed by atoms with Gasteiger partial charge in [0, 0.05) is 30.1 Å². The first-order chi connectivity index (χ1) is 16.9. The van der Waals surface area contributed by atoms with Crippen molar-refractivity contribution in [3.05, 3.63) is 59.2 Å². The van der Waals surface area contributed by atoms with Crippen LogP contribution in [0.3, 0.4) is 0 Å². The van der Waals surface area contributed by atoms with Crippen molar-refractivity contribution in [3.63, 3.8) is 0 Å². The van der Waals surface area contributed by atoms with E-state index in [1.165, 1.54) is 6.21 Å². The molecule has 4 N–H and O–H groups in total. The molecule has 10 heteroatoms. The lowest BCUT2D eigenvalue weighted by molar-refractivity contribution is -0.117. The molecule has 1 aromatic heterocycles. The molecule has 1 saturated carbocycles. The zero-order valence-electron chi connectivity index (χ0n) is 19.4. The minimum Gasteiger partial charge on any atom is -0.393 e. The number of likely N-dealkylation sites (N-methyl/N-ethyl adjacent to an activating group) is 1. The summed E-state index contributed by atoms with van der Waals surface area (Å²) < 4.78 is 5.47. The van der Waals surface area contributed by atoms with Crippen molar-refractivity contribution < 1.29 is 19.1 Å². The number of amides is 3. The number of H-pyrrole nitrogens is 1. The fourth-order valence-electron chi connectivity index (χ4n) is 4.30. The molecule has 3 aromatic rings. The van der Waals surface area contributed by atoms with E-state index in [2.05, 4.69) is 26.1 Å². The van der Waals surface area contributed by atoms with Gasteiger partial charge in [0.2, 0.25) is 11.8 Å². The number of hydrazone groups is 1. The number of hydrogen-bond donors (Lipinski definition) is 4. The van der Waals surface area contributed by atoms with Gasteiger partial charge < -0.3 is 25.3 Å². The van der Waals surface area contributed by atoms with Gasteiger partial charge in [0.15, 0.2) is 0 Å². The van der Waals surface area contributed by atoms with Crippen LogP contribution in [0.15, 0.2) is 47.6 Å². The van der Waals surface area contributed by atoms with Gasteiger partial charge in [0.25, 0.3) is 5.91 Å². The number of hydrogen-bond acceptors (Lipinski definition) is 6.